The normalized spacial score (nSPS) is 16.3. The highest BCUT2D eigenvalue weighted by atomic mass is 16.5. The Labute approximate surface area is 131 Å². The predicted octanol–water partition coefficient (Wildman–Crippen LogP) is 2.62. The average molecular weight is 307 g/mol. The van der Waals surface area contributed by atoms with Crippen molar-refractivity contribution in [2.75, 3.05) is 20.8 Å². The van der Waals surface area contributed by atoms with Gasteiger partial charge < -0.3 is 19.9 Å². The molecule has 0 heterocycles. The van der Waals surface area contributed by atoms with Gasteiger partial charge in [0.25, 0.3) is 0 Å². The fourth-order valence-electron chi connectivity index (χ4n) is 2.85. The number of methoxy groups -OCH3 is 2. The number of carbonyl (C=O) groups is 1. The molecule has 1 aliphatic carbocycles. The van der Waals surface area contributed by atoms with Gasteiger partial charge in [0, 0.05) is 5.92 Å². The van der Waals surface area contributed by atoms with Gasteiger partial charge in [-0.3, -0.25) is 4.79 Å². The highest BCUT2D eigenvalue weighted by Gasteiger charge is 2.21. The summed E-state index contributed by atoms with van der Waals surface area (Å²) in [5.41, 5.74) is 6.79. The lowest BCUT2D eigenvalue weighted by Gasteiger charge is -2.19. The predicted molar refractivity (Wildman–Crippen MR) is 84.3 cm³/mol. The van der Waals surface area contributed by atoms with E-state index < -0.39 is 0 Å². The van der Waals surface area contributed by atoms with Crippen LogP contribution in [0.2, 0.25) is 0 Å². The van der Waals surface area contributed by atoms with Crippen molar-refractivity contribution in [3.63, 3.8) is 0 Å². The third kappa shape index (κ3) is 4.13. The Hall–Kier alpha value is -1.75. The maximum atomic E-state index is 11.5. The lowest BCUT2D eigenvalue weighted by Crippen LogP contribution is -2.18. The van der Waals surface area contributed by atoms with E-state index in [9.17, 15) is 4.79 Å². The molecule has 2 rings (SSSR count). The Morgan fingerprint density at radius 2 is 2.00 bits per heavy atom. The number of hydrogen-bond donors (Lipinski definition) is 1. The second-order valence-electron chi connectivity index (χ2n) is 5.65. The summed E-state index contributed by atoms with van der Waals surface area (Å²) in [6, 6.07) is 5.75. The van der Waals surface area contributed by atoms with Crippen molar-refractivity contribution in [3.05, 3.63) is 23.8 Å². The standard InChI is InChI=1S/C17H25NO4/c1-20-15-8-7-12(13(11-18)10-17(19)21-2)9-16(15)22-14-5-3-4-6-14/h7-9,13-14H,3-6,10-11,18H2,1-2H3. The summed E-state index contributed by atoms with van der Waals surface area (Å²) in [6.45, 7) is 0.379. The quantitative estimate of drug-likeness (QED) is 0.784. The van der Waals surface area contributed by atoms with Crippen molar-refractivity contribution in [2.45, 2.75) is 44.1 Å². The van der Waals surface area contributed by atoms with E-state index in [0.717, 1.165) is 24.2 Å². The van der Waals surface area contributed by atoms with E-state index in [1.165, 1.54) is 20.0 Å². The van der Waals surface area contributed by atoms with Crippen molar-refractivity contribution >= 4 is 5.97 Å². The van der Waals surface area contributed by atoms with E-state index in [1.54, 1.807) is 7.11 Å². The molecular weight excluding hydrogens is 282 g/mol. The molecule has 0 saturated heterocycles. The third-order valence-corrected chi connectivity index (χ3v) is 4.18. The second-order valence-corrected chi connectivity index (χ2v) is 5.65. The molecule has 0 amide bonds. The molecule has 5 heteroatoms. The van der Waals surface area contributed by atoms with Gasteiger partial charge in [-0.15, -0.1) is 0 Å². The molecule has 0 spiro atoms. The topological polar surface area (TPSA) is 70.8 Å². The minimum absolute atomic E-state index is 0.0794. The Bertz CT molecular complexity index is 497. The molecule has 1 fully saturated rings. The van der Waals surface area contributed by atoms with Gasteiger partial charge in [0.2, 0.25) is 0 Å². The number of carbonyl (C=O) groups excluding carboxylic acids is 1. The number of hydrogen-bond acceptors (Lipinski definition) is 5. The summed E-state index contributed by atoms with van der Waals surface area (Å²) in [5, 5.41) is 0. The van der Waals surface area contributed by atoms with E-state index in [2.05, 4.69) is 0 Å². The summed E-state index contributed by atoms with van der Waals surface area (Å²) in [5.74, 6) is 1.11. The SMILES string of the molecule is COC(=O)CC(CN)c1ccc(OC)c(OC2CCCC2)c1. The molecule has 1 atom stereocenters. The Morgan fingerprint density at radius 1 is 1.27 bits per heavy atom. The first-order valence-corrected chi connectivity index (χ1v) is 7.79. The van der Waals surface area contributed by atoms with Crippen LogP contribution in [0.4, 0.5) is 0 Å². The second kappa shape index (κ2) is 8.03. The first-order chi connectivity index (χ1) is 10.7. The number of benzene rings is 1. The summed E-state index contributed by atoms with van der Waals surface area (Å²) in [4.78, 5) is 11.5. The molecule has 1 saturated carbocycles. The lowest BCUT2D eigenvalue weighted by atomic mass is 9.95. The zero-order valence-corrected chi connectivity index (χ0v) is 13.3. The van der Waals surface area contributed by atoms with Gasteiger partial charge in [-0.05, 0) is 49.9 Å². The highest BCUT2D eigenvalue weighted by Crippen LogP contribution is 2.34. The monoisotopic (exact) mass is 307 g/mol. The fraction of sp³-hybridized carbons (Fsp3) is 0.588. The van der Waals surface area contributed by atoms with Crippen LogP contribution in [0.25, 0.3) is 0 Å². The Kier molecular flexibility index (Phi) is 6.07. The van der Waals surface area contributed by atoms with Crippen LogP contribution in [0.1, 0.15) is 43.6 Å². The van der Waals surface area contributed by atoms with E-state index in [0.29, 0.717) is 12.3 Å². The first kappa shape index (κ1) is 16.6. The van der Waals surface area contributed by atoms with E-state index in [4.69, 9.17) is 19.9 Å². The van der Waals surface area contributed by atoms with Gasteiger partial charge in [-0.2, -0.15) is 0 Å². The van der Waals surface area contributed by atoms with Crippen molar-refractivity contribution in [2.24, 2.45) is 5.73 Å². The van der Waals surface area contributed by atoms with Crippen LogP contribution in [-0.4, -0.2) is 32.8 Å². The minimum Gasteiger partial charge on any atom is -0.493 e. The van der Waals surface area contributed by atoms with Crippen LogP contribution in [0.5, 0.6) is 11.5 Å². The number of ether oxygens (including phenoxy) is 3. The lowest BCUT2D eigenvalue weighted by molar-refractivity contribution is -0.141. The summed E-state index contributed by atoms with van der Waals surface area (Å²) >= 11 is 0. The van der Waals surface area contributed by atoms with E-state index in [1.807, 2.05) is 18.2 Å². The van der Waals surface area contributed by atoms with Crippen LogP contribution >= 0.6 is 0 Å². The highest BCUT2D eigenvalue weighted by molar-refractivity contribution is 5.70. The summed E-state index contributed by atoms with van der Waals surface area (Å²) < 4.78 is 16.2. The molecule has 0 radical (unpaired) electrons. The largest absolute Gasteiger partial charge is 0.493 e. The molecule has 0 aliphatic heterocycles. The maximum absolute atomic E-state index is 11.5. The number of nitrogens with two attached hydrogens (primary N) is 1. The zero-order valence-electron chi connectivity index (χ0n) is 13.3. The first-order valence-electron chi connectivity index (χ1n) is 7.79. The van der Waals surface area contributed by atoms with Crippen molar-refractivity contribution in [1.82, 2.24) is 0 Å². The van der Waals surface area contributed by atoms with Crippen LogP contribution in [0.3, 0.4) is 0 Å². The molecule has 2 N–H and O–H groups in total. The molecule has 5 nitrogen and oxygen atoms in total. The number of rotatable bonds is 7. The Balaban J connectivity index is 2.18. The average Bonchev–Trinajstić information content (AvgIpc) is 3.05. The summed E-state index contributed by atoms with van der Waals surface area (Å²) in [7, 11) is 3.02. The molecular formula is C17H25NO4. The van der Waals surface area contributed by atoms with Crippen LogP contribution < -0.4 is 15.2 Å². The minimum atomic E-state index is -0.260. The van der Waals surface area contributed by atoms with Crippen molar-refractivity contribution in [1.29, 1.82) is 0 Å². The van der Waals surface area contributed by atoms with E-state index in [-0.39, 0.29) is 24.4 Å². The van der Waals surface area contributed by atoms with Crippen LogP contribution in [0.15, 0.2) is 18.2 Å². The Morgan fingerprint density at radius 3 is 2.59 bits per heavy atom. The van der Waals surface area contributed by atoms with Gasteiger partial charge in [0.15, 0.2) is 11.5 Å². The molecule has 122 valence electrons. The van der Waals surface area contributed by atoms with Crippen molar-refractivity contribution in [3.8, 4) is 11.5 Å². The molecule has 0 bridgehead atoms. The molecule has 1 aliphatic rings. The third-order valence-electron chi connectivity index (χ3n) is 4.18. The van der Waals surface area contributed by atoms with Crippen LogP contribution in [0, 0.1) is 0 Å². The molecule has 1 unspecified atom stereocenters. The molecule has 1 aromatic carbocycles. The zero-order chi connectivity index (χ0) is 15.9. The van der Waals surface area contributed by atoms with Crippen LogP contribution in [-0.2, 0) is 9.53 Å². The summed E-state index contributed by atoms with van der Waals surface area (Å²) in [6.07, 6.45) is 5.09. The smallest absolute Gasteiger partial charge is 0.306 e. The van der Waals surface area contributed by atoms with Crippen molar-refractivity contribution < 1.29 is 19.0 Å². The van der Waals surface area contributed by atoms with Gasteiger partial charge in [-0.1, -0.05) is 6.07 Å². The van der Waals surface area contributed by atoms with Gasteiger partial charge in [0.05, 0.1) is 26.7 Å². The van der Waals surface area contributed by atoms with Gasteiger partial charge in [0.1, 0.15) is 0 Å². The van der Waals surface area contributed by atoms with Gasteiger partial charge >= 0.3 is 5.97 Å². The fourth-order valence-corrected chi connectivity index (χ4v) is 2.85. The molecule has 1 aromatic rings. The molecule has 0 aromatic heterocycles. The van der Waals surface area contributed by atoms with Gasteiger partial charge in [-0.25, -0.2) is 0 Å². The molecule has 22 heavy (non-hydrogen) atoms. The maximum Gasteiger partial charge on any atom is 0.306 e. The van der Waals surface area contributed by atoms with E-state index >= 15 is 0 Å². The number of esters is 1.